The van der Waals surface area contributed by atoms with Gasteiger partial charge in [0.25, 0.3) is 5.89 Å². The highest BCUT2D eigenvalue weighted by molar-refractivity contribution is 6.30. The first-order valence-electron chi connectivity index (χ1n) is 6.14. The second kappa shape index (κ2) is 5.35. The van der Waals surface area contributed by atoms with Crippen LogP contribution in [0.4, 0.5) is 5.69 Å². The van der Waals surface area contributed by atoms with Gasteiger partial charge in [-0.15, -0.1) is 0 Å². The molecule has 0 aliphatic carbocycles. The SMILES string of the molecule is Nc1ccc(-c2nc(Cc3cccc(Cl)c3)no2)cc1. The molecule has 0 aliphatic heterocycles. The van der Waals surface area contributed by atoms with Crippen LogP contribution in [0.5, 0.6) is 0 Å². The van der Waals surface area contributed by atoms with Crippen molar-refractivity contribution < 1.29 is 4.52 Å². The largest absolute Gasteiger partial charge is 0.399 e. The van der Waals surface area contributed by atoms with Crippen molar-refractivity contribution in [2.24, 2.45) is 0 Å². The summed E-state index contributed by atoms with van der Waals surface area (Å²) in [6.45, 7) is 0. The normalized spacial score (nSPS) is 10.7. The van der Waals surface area contributed by atoms with E-state index >= 15 is 0 Å². The molecule has 0 amide bonds. The topological polar surface area (TPSA) is 64.9 Å². The molecule has 0 bridgehead atoms. The summed E-state index contributed by atoms with van der Waals surface area (Å²) in [6, 6.07) is 14.9. The third-order valence-corrected chi connectivity index (χ3v) is 3.11. The van der Waals surface area contributed by atoms with E-state index in [1.807, 2.05) is 36.4 Å². The predicted octanol–water partition coefficient (Wildman–Crippen LogP) is 3.56. The molecule has 3 aromatic rings. The van der Waals surface area contributed by atoms with Crippen LogP contribution in [0.2, 0.25) is 5.02 Å². The van der Waals surface area contributed by atoms with E-state index in [4.69, 9.17) is 21.9 Å². The van der Waals surface area contributed by atoms with Gasteiger partial charge in [-0.2, -0.15) is 4.98 Å². The highest BCUT2D eigenvalue weighted by atomic mass is 35.5. The Morgan fingerprint density at radius 3 is 2.65 bits per heavy atom. The molecule has 2 aromatic carbocycles. The highest BCUT2D eigenvalue weighted by Crippen LogP contribution is 2.20. The predicted molar refractivity (Wildman–Crippen MR) is 78.4 cm³/mol. The average Bonchev–Trinajstić information content (AvgIpc) is 2.88. The number of aromatic nitrogens is 2. The van der Waals surface area contributed by atoms with Gasteiger partial charge >= 0.3 is 0 Å². The molecule has 4 nitrogen and oxygen atoms in total. The van der Waals surface area contributed by atoms with Crippen molar-refractivity contribution in [1.29, 1.82) is 0 Å². The van der Waals surface area contributed by atoms with Crippen LogP contribution in [0.1, 0.15) is 11.4 Å². The number of anilines is 1. The second-order valence-corrected chi connectivity index (χ2v) is 4.88. The zero-order chi connectivity index (χ0) is 13.9. The molecule has 0 aliphatic rings. The Hall–Kier alpha value is -2.33. The van der Waals surface area contributed by atoms with Crippen molar-refractivity contribution in [1.82, 2.24) is 10.1 Å². The Kier molecular flexibility index (Phi) is 3.39. The third-order valence-electron chi connectivity index (χ3n) is 2.88. The molecule has 20 heavy (non-hydrogen) atoms. The lowest BCUT2D eigenvalue weighted by molar-refractivity contribution is 0.424. The molecule has 0 unspecified atom stereocenters. The summed E-state index contributed by atoms with van der Waals surface area (Å²) in [5.74, 6) is 1.11. The number of halogens is 1. The van der Waals surface area contributed by atoms with Crippen LogP contribution in [-0.4, -0.2) is 10.1 Å². The summed E-state index contributed by atoms with van der Waals surface area (Å²) in [5.41, 5.74) is 8.24. The lowest BCUT2D eigenvalue weighted by Crippen LogP contribution is -1.90. The van der Waals surface area contributed by atoms with E-state index in [0.29, 0.717) is 28.8 Å². The minimum atomic E-state index is 0.488. The van der Waals surface area contributed by atoms with Crippen LogP contribution < -0.4 is 5.73 Å². The van der Waals surface area contributed by atoms with Gasteiger partial charge in [-0.3, -0.25) is 0 Å². The Labute approximate surface area is 121 Å². The summed E-state index contributed by atoms with van der Waals surface area (Å²) in [4.78, 5) is 4.37. The fourth-order valence-corrected chi connectivity index (χ4v) is 2.11. The number of hydrogen-bond acceptors (Lipinski definition) is 4. The van der Waals surface area contributed by atoms with Gasteiger partial charge in [-0.05, 0) is 42.0 Å². The number of nitrogen functional groups attached to an aromatic ring is 1. The smallest absolute Gasteiger partial charge is 0.257 e. The lowest BCUT2D eigenvalue weighted by Gasteiger charge is -1.97. The molecule has 0 spiro atoms. The maximum atomic E-state index is 5.95. The maximum absolute atomic E-state index is 5.95. The van der Waals surface area contributed by atoms with E-state index in [2.05, 4.69) is 10.1 Å². The summed E-state index contributed by atoms with van der Waals surface area (Å²) in [7, 11) is 0. The number of rotatable bonds is 3. The third kappa shape index (κ3) is 2.81. The monoisotopic (exact) mass is 285 g/mol. The molecule has 0 atom stereocenters. The Morgan fingerprint density at radius 1 is 1.10 bits per heavy atom. The Bertz CT molecular complexity index is 722. The number of benzene rings is 2. The molecule has 100 valence electrons. The van der Waals surface area contributed by atoms with E-state index in [-0.39, 0.29) is 0 Å². The van der Waals surface area contributed by atoms with E-state index in [0.717, 1.165) is 11.1 Å². The van der Waals surface area contributed by atoms with E-state index in [9.17, 15) is 0 Å². The first-order valence-corrected chi connectivity index (χ1v) is 6.51. The van der Waals surface area contributed by atoms with Gasteiger partial charge < -0.3 is 10.3 Å². The molecule has 3 rings (SSSR count). The van der Waals surface area contributed by atoms with Crippen molar-refractivity contribution >= 4 is 17.3 Å². The molecule has 0 radical (unpaired) electrons. The first-order chi connectivity index (χ1) is 9.70. The zero-order valence-electron chi connectivity index (χ0n) is 10.6. The maximum Gasteiger partial charge on any atom is 0.257 e. The summed E-state index contributed by atoms with van der Waals surface area (Å²) in [5, 5.41) is 4.68. The average molecular weight is 286 g/mol. The number of hydrogen-bond donors (Lipinski definition) is 1. The zero-order valence-corrected chi connectivity index (χ0v) is 11.3. The van der Waals surface area contributed by atoms with Crippen LogP contribution in [0.3, 0.4) is 0 Å². The molecule has 2 N–H and O–H groups in total. The lowest BCUT2D eigenvalue weighted by atomic mass is 10.1. The van der Waals surface area contributed by atoms with Gasteiger partial charge in [0, 0.05) is 22.7 Å². The van der Waals surface area contributed by atoms with Crippen LogP contribution in [0.15, 0.2) is 53.1 Å². The summed E-state index contributed by atoms with van der Waals surface area (Å²) in [6.07, 6.45) is 0.582. The molecule has 1 aromatic heterocycles. The van der Waals surface area contributed by atoms with Gasteiger partial charge in [0.2, 0.25) is 0 Å². The van der Waals surface area contributed by atoms with Gasteiger partial charge in [0.05, 0.1) is 0 Å². The van der Waals surface area contributed by atoms with Gasteiger partial charge in [-0.1, -0.05) is 28.9 Å². The van der Waals surface area contributed by atoms with Crippen molar-refractivity contribution in [2.45, 2.75) is 6.42 Å². The van der Waals surface area contributed by atoms with Gasteiger partial charge in [0.1, 0.15) is 0 Å². The Morgan fingerprint density at radius 2 is 1.90 bits per heavy atom. The van der Waals surface area contributed by atoms with Crippen LogP contribution in [0.25, 0.3) is 11.5 Å². The van der Waals surface area contributed by atoms with Crippen LogP contribution in [0, 0.1) is 0 Å². The minimum absolute atomic E-state index is 0.488. The molecular weight excluding hydrogens is 274 g/mol. The fourth-order valence-electron chi connectivity index (χ4n) is 1.90. The molecule has 5 heteroatoms. The molecule has 1 heterocycles. The van der Waals surface area contributed by atoms with E-state index in [1.54, 1.807) is 12.1 Å². The quantitative estimate of drug-likeness (QED) is 0.747. The summed E-state index contributed by atoms with van der Waals surface area (Å²) < 4.78 is 5.26. The minimum Gasteiger partial charge on any atom is -0.399 e. The van der Waals surface area contributed by atoms with Gasteiger partial charge in [0.15, 0.2) is 5.82 Å². The van der Waals surface area contributed by atoms with E-state index < -0.39 is 0 Å². The molecule has 0 saturated heterocycles. The van der Waals surface area contributed by atoms with Crippen molar-refractivity contribution in [3.05, 3.63) is 64.9 Å². The van der Waals surface area contributed by atoms with E-state index in [1.165, 1.54) is 0 Å². The van der Waals surface area contributed by atoms with Crippen molar-refractivity contribution in [3.63, 3.8) is 0 Å². The molecule has 0 fully saturated rings. The van der Waals surface area contributed by atoms with Crippen molar-refractivity contribution in [3.8, 4) is 11.5 Å². The summed E-state index contributed by atoms with van der Waals surface area (Å²) >= 11 is 5.95. The van der Waals surface area contributed by atoms with Gasteiger partial charge in [-0.25, -0.2) is 0 Å². The molecular formula is C15H12ClN3O. The fraction of sp³-hybridized carbons (Fsp3) is 0.0667. The number of nitrogens with zero attached hydrogens (tertiary/aromatic N) is 2. The second-order valence-electron chi connectivity index (χ2n) is 4.44. The van der Waals surface area contributed by atoms with Crippen molar-refractivity contribution in [2.75, 3.05) is 5.73 Å². The van der Waals surface area contributed by atoms with Crippen LogP contribution >= 0.6 is 11.6 Å². The highest BCUT2D eigenvalue weighted by Gasteiger charge is 2.09. The standard InChI is InChI=1S/C15H12ClN3O/c16-12-3-1-2-10(8-12)9-14-18-15(20-19-14)11-4-6-13(17)7-5-11/h1-8H,9,17H2. The Balaban J connectivity index is 1.82. The van der Waals surface area contributed by atoms with Crippen LogP contribution in [-0.2, 0) is 6.42 Å². The first kappa shape index (κ1) is 12.7. The number of nitrogens with two attached hydrogens (primary N) is 1. The molecule has 0 saturated carbocycles.